The lowest BCUT2D eigenvalue weighted by molar-refractivity contribution is -0.246. The Labute approximate surface area is 294 Å². The SMILES string of the molecule is C=C(C)[C@@H]1CC[C@]2(NC(=O)Nc3ccccc3)CC[C@]3(C)[C@H](CC[C@@H]4[C@@]5(C)CC[C@H](OC(=O)CC(C)(C)C(=O)O)C(C)(C)[C@@H]5CC[C@]43C)[C@@H]12. The number of anilines is 1. The van der Waals surface area contributed by atoms with Crippen molar-refractivity contribution >= 4 is 23.7 Å². The van der Waals surface area contributed by atoms with Crippen LogP contribution in [-0.4, -0.2) is 34.7 Å². The molecule has 0 heterocycles. The predicted molar refractivity (Wildman–Crippen MR) is 194 cm³/mol. The van der Waals surface area contributed by atoms with E-state index in [2.05, 4.69) is 58.8 Å². The van der Waals surface area contributed by atoms with Crippen LogP contribution in [0, 0.1) is 56.7 Å². The Morgan fingerprint density at radius 2 is 1.57 bits per heavy atom. The van der Waals surface area contributed by atoms with E-state index < -0.39 is 17.4 Å². The molecular weight excluding hydrogens is 612 g/mol. The van der Waals surface area contributed by atoms with Gasteiger partial charge in [0.25, 0.3) is 0 Å². The van der Waals surface area contributed by atoms with E-state index in [1.807, 2.05) is 30.3 Å². The number of amides is 2. The number of hydrogen-bond acceptors (Lipinski definition) is 4. The van der Waals surface area contributed by atoms with Crippen LogP contribution in [0.4, 0.5) is 10.5 Å². The van der Waals surface area contributed by atoms with Crippen molar-refractivity contribution in [1.29, 1.82) is 0 Å². The molecule has 10 atom stereocenters. The second-order valence-electron chi connectivity index (χ2n) is 19.0. The number of aliphatic carboxylic acids is 1. The minimum absolute atomic E-state index is 0.0960. The van der Waals surface area contributed by atoms with Crippen molar-refractivity contribution in [3.8, 4) is 0 Å². The maximum absolute atomic E-state index is 13.6. The zero-order chi connectivity index (χ0) is 35.8. The van der Waals surface area contributed by atoms with Gasteiger partial charge in [0.15, 0.2) is 0 Å². The smallest absolute Gasteiger partial charge is 0.319 e. The average Bonchev–Trinajstić information content (AvgIpc) is 3.38. The summed E-state index contributed by atoms with van der Waals surface area (Å²) in [5.41, 5.74) is 0.922. The number of urea groups is 1. The molecule has 5 aliphatic rings. The van der Waals surface area contributed by atoms with Crippen LogP contribution in [-0.2, 0) is 14.3 Å². The molecule has 7 nitrogen and oxygen atoms in total. The summed E-state index contributed by atoms with van der Waals surface area (Å²) >= 11 is 0. The molecule has 0 aliphatic heterocycles. The molecule has 0 bridgehead atoms. The standard InChI is InChI=1S/C42H62N2O5/c1-26(2)28-17-22-42(44-36(48)43-27-13-11-10-12-14-27)24-23-40(8)29(34(28)42)15-16-31-39(7)20-19-32(49-33(45)25-37(3,4)35(46)47)38(5,6)30(39)18-21-41(31,40)9/h10-14,28-32,34H,1,15-25H2,2-9H3,(H,46,47)(H2,43,44,48)/t28-,29+,30-,31+,32-,34+,39-,40+,41+,42-/m0/s1. The van der Waals surface area contributed by atoms with Crippen molar-refractivity contribution < 1.29 is 24.2 Å². The minimum Gasteiger partial charge on any atom is -0.481 e. The highest BCUT2D eigenvalue weighted by Crippen LogP contribution is 2.76. The fourth-order valence-electron chi connectivity index (χ4n) is 13.1. The molecule has 49 heavy (non-hydrogen) atoms. The number of esters is 1. The normalized spacial score (nSPS) is 40.8. The van der Waals surface area contributed by atoms with Crippen LogP contribution in [0.3, 0.4) is 0 Å². The Morgan fingerprint density at radius 3 is 2.22 bits per heavy atom. The third-order valence-electron chi connectivity index (χ3n) is 15.8. The lowest BCUT2D eigenvalue weighted by Crippen LogP contribution is -2.69. The van der Waals surface area contributed by atoms with Gasteiger partial charge in [0, 0.05) is 16.6 Å². The first kappa shape index (κ1) is 36.0. The predicted octanol–water partition coefficient (Wildman–Crippen LogP) is 9.63. The molecule has 6 rings (SSSR count). The Hall–Kier alpha value is -2.83. The fourth-order valence-corrected chi connectivity index (χ4v) is 13.1. The largest absolute Gasteiger partial charge is 0.481 e. The van der Waals surface area contributed by atoms with E-state index in [4.69, 9.17) is 4.74 Å². The average molecular weight is 675 g/mol. The Bertz CT molecular complexity index is 1490. The van der Waals surface area contributed by atoms with E-state index in [1.165, 1.54) is 18.4 Å². The second kappa shape index (κ2) is 12.1. The van der Waals surface area contributed by atoms with Crippen LogP contribution < -0.4 is 10.6 Å². The summed E-state index contributed by atoms with van der Waals surface area (Å²) in [6, 6.07) is 9.65. The Morgan fingerprint density at radius 1 is 0.878 bits per heavy atom. The maximum Gasteiger partial charge on any atom is 0.319 e. The van der Waals surface area contributed by atoms with Crippen LogP contribution in [0.5, 0.6) is 0 Å². The van der Waals surface area contributed by atoms with Crippen molar-refractivity contribution in [1.82, 2.24) is 5.32 Å². The van der Waals surface area contributed by atoms with Gasteiger partial charge in [0.05, 0.1) is 11.8 Å². The Balaban J connectivity index is 1.25. The van der Waals surface area contributed by atoms with Crippen LogP contribution in [0.1, 0.15) is 126 Å². The molecule has 5 saturated carbocycles. The summed E-state index contributed by atoms with van der Waals surface area (Å²) in [7, 11) is 0. The maximum atomic E-state index is 13.6. The molecule has 7 heteroatoms. The van der Waals surface area contributed by atoms with Gasteiger partial charge in [0.2, 0.25) is 0 Å². The quantitative estimate of drug-likeness (QED) is 0.197. The number of nitrogens with one attached hydrogen (secondary N) is 2. The number of hydrogen-bond donors (Lipinski definition) is 3. The van der Waals surface area contributed by atoms with E-state index in [0.717, 1.165) is 57.1 Å². The van der Waals surface area contributed by atoms with Crippen molar-refractivity contribution in [3.05, 3.63) is 42.5 Å². The van der Waals surface area contributed by atoms with Crippen LogP contribution >= 0.6 is 0 Å². The van der Waals surface area contributed by atoms with E-state index >= 15 is 0 Å². The fraction of sp³-hybridized carbons (Fsp3) is 0.738. The van der Waals surface area contributed by atoms with Gasteiger partial charge in [-0.1, -0.05) is 65.0 Å². The van der Waals surface area contributed by atoms with Gasteiger partial charge in [-0.15, -0.1) is 0 Å². The molecule has 5 aliphatic carbocycles. The highest BCUT2D eigenvalue weighted by Gasteiger charge is 2.71. The van der Waals surface area contributed by atoms with E-state index in [9.17, 15) is 19.5 Å². The number of para-hydroxylation sites is 1. The van der Waals surface area contributed by atoms with Crippen molar-refractivity contribution in [2.45, 2.75) is 138 Å². The van der Waals surface area contributed by atoms with Gasteiger partial charge in [-0.25, -0.2) is 4.79 Å². The molecule has 3 N–H and O–H groups in total. The first-order chi connectivity index (χ1) is 22.8. The number of allylic oxidation sites excluding steroid dienone is 1. The number of carboxylic acids is 1. The van der Waals surface area contributed by atoms with E-state index in [0.29, 0.717) is 29.6 Å². The third-order valence-corrected chi connectivity index (χ3v) is 15.8. The second-order valence-corrected chi connectivity index (χ2v) is 19.0. The summed E-state index contributed by atoms with van der Waals surface area (Å²) in [4.78, 5) is 38.3. The van der Waals surface area contributed by atoms with Gasteiger partial charge in [-0.3, -0.25) is 9.59 Å². The summed E-state index contributed by atoms with van der Waals surface area (Å²) in [5.74, 6) is 0.884. The molecule has 1 aromatic rings. The molecule has 0 spiro atoms. The zero-order valence-electron chi connectivity index (χ0n) is 31.4. The highest BCUT2D eigenvalue weighted by atomic mass is 16.5. The molecular formula is C42H62N2O5. The van der Waals surface area contributed by atoms with Gasteiger partial charge in [0.1, 0.15) is 6.10 Å². The van der Waals surface area contributed by atoms with Crippen molar-refractivity contribution in [2.75, 3.05) is 5.32 Å². The van der Waals surface area contributed by atoms with Crippen molar-refractivity contribution in [3.63, 3.8) is 0 Å². The molecule has 0 saturated heterocycles. The first-order valence-electron chi connectivity index (χ1n) is 19.0. The van der Waals surface area contributed by atoms with Crippen LogP contribution in [0.15, 0.2) is 42.5 Å². The monoisotopic (exact) mass is 674 g/mol. The summed E-state index contributed by atoms with van der Waals surface area (Å²) in [5, 5.41) is 16.3. The van der Waals surface area contributed by atoms with E-state index in [-0.39, 0.29) is 45.8 Å². The zero-order valence-corrected chi connectivity index (χ0v) is 31.4. The molecule has 0 aromatic heterocycles. The third kappa shape index (κ3) is 5.64. The number of carbonyl (C=O) groups is 3. The number of carboxylic acid groups (broad SMARTS) is 1. The lowest BCUT2D eigenvalue weighted by atomic mass is 9.32. The van der Waals surface area contributed by atoms with Crippen LogP contribution in [0.2, 0.25) is 0 Å². The van der Waals surface area contributed by atoms with Gasteiger partial charge in [-0.05, 0) is 143 Å². The molecule has 0 unspecified atom stereocenters. The lowest BCUT2D eigenvalue weighted by Gasteiger charge is -2.73. The van der Waals surface area contributed by atoms with Gasteiger partial charge >= 0.3 is 18.0 Å². The number of carbonyl (C=O) groups excluding carboxylic acids is 2. The molecule has 5 fully saturated rings. The number of ether oxygens (including phenoxy) is 1. The summed E-state index contributed by atoms with van der Waals surface area (Å²) < 4.78 is 6.17. The topological polar surface area (TPSA) is 105 Å². The van der Waals surface area contributed by atoms with Crippen molar-refractivity contribution in [2.24, 2.45) is 56.7 Å². The first-order valence-corrected chi connectivity index (χ1v) is 19.0. The van der Waals surface area contributed by atoms with Gasteiger partial charge < -0.3 is 20.5 Å². The number of benzene rings is 1. The van der Waals surface area contributed by atoms with E-state index in [1.54, 1.807) is 13.8 Å². The number of rotatable bonds is 7. The molecule has 1 aromatic carbocycles. The molecule has 270 valence electrons. The summed E-state index contributed by atoms with van der Waals surface area (Å²) in [6.45, 7) is 22.3. The highest BCUT2D eigenvalue weighted by molar-refractivity contribution is 5.89. The molecule has 0 radical (unpaired) electrons. The van der Waals surface area contributed by atoms with Gasteiger partial charge in [-0.2, -0.15) is 0 Å². The van der Waals surface area contributed by atoms with Crippen LogP contribution in [0.25, 0.3) is 0 Å². The summed E-state index contributed by atoms with van der Waals surface area (Å²) in [6.07, 6.45) is 10.3. The molecule has 2 amide bonds. The Kier molecular flexibility index (Phi) is 8.92. The minimum atomic E-state index is -1.15. The number of fused-ring (bicyclic) bond motifs is 7.